The van der Waals surface area contributed by atoms with Gasteiger partial charge in [-0.3, -0.25) is 4.79 Å². The number of fused-ring (bicyclic) bond motifs is 1. The number of amides is 1. The number of methoxy groups -OCH3 is 1. The number of anilines is 2. The van der Waals surface area contributed by atoms with Crippen molar-refractivity contribution in [1.82, 2.24) is 5.32 Å². The Morgan fingerprint density at radius 2 is 1.97 bits per heavy atom. The summed E-state index contributed by atoms with van der Waals surface area (Å²) in [5.41, 5.74) is 3.01. The number of rotatable bonds is 7. The molecule has 0 bridgehead atoms. The summed E-state index contributed by atoms with van der Waals surface area (Å²) in [7, 11) is 1.61. The van der Waals surface area contributed by atoms with Crippen molar-refractivity contribution in [2.24, 2.45) is 4.99 Å². The SMILES string of the molecule is CCNC(=NCC(=O)N1CCCc2ccccc21)Nc1ccc(OC)c(OCC)c1.I. The van der Waals surface area contributed by atoms with Crippen molar-refractivity contribution >= 4 is 47.2 Å². The lowest BCUT2D eigenvalue weighted by Crippen LogP contribution is -2.38. The summed E-state index contributed by atoms with van der Waals surface area (Å²) < 4.78 is 11.0. The fourth-order valence-corrected chi connectivity index (χ4v) is 3.49. The molecular weight excluding hydrogens is 507 g/mol. The second-order valence-electron chi connectivity index (χ2n) is 6.90. The van der Waals surface area contributed by atoms with Crippen molar-refractivity contribution < 1.29 is 14.3 Å². The third kappa shape index (κ3) is 6.49. The van der Waals surface area contributed by atoms with E-state index in [1.807, 2.05) is 55.1 Å². The lowest BCUT2D eigenvalue weighted by molar-refractivity contribution is -0.117. The third-order valence-corrected chi connectivity index (χ3v) is 4.85. The lowest BCUT2D eigenvalue weighted by Gasteiger charge is -2.29. The van der Waals surface area contributed by atoms with Gasteiger partial charge in [-0.05, 0) is 50.5 Å². The maximum Gasteiger partial charge on any atom is 0.248 e. The first-order chi connectivity index (χ1) is 14.7. The molecule has 168 valence electrons. The van der Waals surface area contributed by atoms with Gasteiger partial charge in [0.05, 0.1) is 13.7 Å². The molecule has 31 heavy (non-hydrogen) atoms. The number of ether oxygens (including phenoxy) is 2. The summed E-state index contributed by atoms with van der Waals surface area (Å²) in [4.78, 5) is 19.2. The molecule has 0 aliphatic carbocycles. The summed E-state index contributed by atoms with van der Waals surface area (Å²) in [6.45, 7) is 5.93. The molecule has 3 rings (SSSR count). The van der Waals surface area contributed by atoms with Crippen LogP contribution in [0.3, 0.4) is 0 Å². The first kappa shape index (κ1) is 24.8. The molecule has 0 unspecified atom stereocenters. The minimum Gasteiger partial charge on any atom is -0.493 e. The third-order valence-electron chi connectivity index (χ3n) is 4.85. The van der Waals surface area contributed by atoms with Gasteiger partial charge >= 0.3 is 0 Å². The molecule has 7 nitrogen and oxygen atoms in total. The number of nitrogens with zero attached hydrogens (tertiary/aromatic N) is 2. The first-order valence-electron chi connectivity index (χ1n) is 10.4. The van der Waals surface area contributed by atoms with Gasteiger partial charge in [0.1, 0.15) is 6.54 Å². The van der Waals surface area contributed by atoms with E-state index < -0.39 is 0 Å². The second kappa shape index (κ2) is 12.4. The number of carbonyl (C=O) groups is 1. The van der Waals surface area contributed by atoms with Crippen molar-refractivity contribution in [3.05, 3.63) is 48.0 Å². The van der Waals surface area contributed by atoms with Gasteiger partial charge in [0.15, 0.2) is 17.5 Å². The minimum absolute atomic E-state index is 0. The van der Waals surface area contributed by atoms with E-state index in [0.29, 0.717) is 30.6 Å². The van der Waals surface area contributed by atoms with Crippen LogP contribution in [0.5, 0.6) is 11.5 Å². The van der Waals surface area contributed by atoms with E-state index in [1.165, 1.54) is 5.56 Å². The average Bonchev–Trinajstić information content (AvgIpc) is 2.77. The van der Waals surface area contributed by atoms with E-state index in [4.69, 9.17) is 9.47 Å². The van der Waals surface area contributed by atoms with Crippen LogP contribution in [-0.2, 0) is 11.2 Å². The van der Waals surface area contributed by atoms with Crippen molar-refractivity contribution in [3.8, 4) is 11.5 Å². The zero-order chi connectivity index (χ0) is 21.3. The molecule has 8 heteroatoms. The number of guanidine groups is 1. The Morgan fingerprint density at radius 3 is 2.71 bits per heavy atom. The highest BCUT2D eigenvalue weighted by Crippen LogP contribution is 2.30. The number of aryl methyl sites for hydroxylation is 1. The fourth-order valence-electron chi connectivity index (χ4n) is 3.49. The van der Waals surface area contributed by atoms with E-state index in [2.05, 4.69) is 21.7 Å². The van der Waals surface area contributed by atoms with Crippen LogP contribution in [0.1, 0.15) is 25.8 Å². The van der Waals surface area contributed by atoms with Crippen molar-refractivity contribution in [1.29, 1.82) is 0 Å². The zero-order valence-electron chi connectivity index (χ0n) is 18.3. The van der Waals surface area contributed by atoms with Crippen LogP contribution in [0.4, 0.5) is 11.4 Å². The Morgan fingerprint density at radius 1 is 1.16 bits per heavy atom. The summed E-state index contributed by atoms with van der Waals surface area (Å²) in [6, 6.07) is 13.7. The quantitative estimate of drug-likeness (QED) is 0.316. The number of hydrogen-bond acceptors (Lipinski definition) is 4. The lowest BCUT2D eigenvalue weighted by atomic mass is 10.0. The average molecular weight is 538 g/mol. The van der Waals surface area contributed by atoms with E-state index in [1.54, 1.807) is 7.11 Å². The van der Waals surface area contributed by atoms with Crippen LogP contribution in [0.2, 0.25) is 0 Å². The molecule has 0 saturated heterocycles. The van der Waals surface area contributed by atoms with Crippen molar-refractivity contribution in [2.75, 3.05) is 43.6 Å². The monoisotopic (exact) mass is 538 g/mol. The maximum absolute atomic E-state index is 12.9. The molecule has 2 aromatic rings. The normalized spacial score (nSPS) is 13.0. The van der Waals surface area contributed by atoms with E-state index in [0.717, 1.165) is 30.8 Å². The molecule has 1 aliphatic rings. The van der Waals surface area contributed by atoms with Gasteiger partial charge in [0.2, 0.25) is 5.91 Å². The van der Waals surface area contributed by atoms with Gasteiger partial charge < -0.3 is 25.0 Å². The Bertz CT molecular complexity index is 904. The Kier molecular flexibility index (Phi) is 9.90. The highest BCUT2D eigenvalue weighted by Gasteiger charge is 2.21. The number of aliphatic imine (C=N–C) groups is 1. The van der Waals surface area contributed by atoms with Gasteiger partial charge in [-0.15, -0.1) is 24.0 Å². The summed E-state index contributed by atoms with van der Waals surface area (Å²) in [5, 5.41) is 6.42. The van der Waals surface area contributed by atoms with Crippen LogP contribution >= 0.6 is 24.0 Å². The van der Waals surface area contributed by atoms with Crippen LogP contribution in [0.15, 0.2) is 47.5 Å². The molecule has 0 spiro atoms. The second-order valence-corrected chi connectivity index (χ2v) is 6.90. The molecule has 0 atom stereocenters. The number of nitrogens with one attached hydrogen (secondary N) is 2. The van der Waals surface area contributed by atoms with E-state index >= 15 is 0 Å². The molecule has 1 aliphatic heterocycles. The molecule has 1 amide bonds. The highest BCUT2D eigenvalue weighted by atomic mass is 127. The minimum atomic E-state index is -0.0101. The number of carbonyl (C=O) groups excluding carboxylic acids is 1. The summed E-state index contributed by atoms with van der Waals surface area (Å²) in [6.07, 6.45) is 1.98. The Balaban J connectivity index is 0.00000341. The van der Waals surface area contributed by atoms with Gasteiger partial charge in [0.25, 0.3) is 0 Å². The first-order valence-corrected chi connectivity index (χ1v) is 10.4. The van der Waals surface area contributed by atoms with Crippen molar-refractivity contribution in [2.45, 2.75) is 26.7 Å². The topological polar surface area (TPSA) is 75.2 Å². The van der Waals surface area contributed by atoms with Gasteiger partial charge in [-0.2, -0.15) is 0 Å². The molecule has 0 fully saturated rings. The molecule has 1 heterocycles. The Labute approximate surface area is 201 Å². The van der Waals surface area contributed by atoms with Gasteiger partial charge in [-0.1, -0.05) is 18.2 Å². The molecule has 0 saturated carbocycles. The molecule has 0 radical (unpaired) electrons. The molecule has 0 aromatic heterocycles. The number of hydrogen-bond donors (Lipinski definition) is 2. The van der Waals surface area contributed by atoms with Crippen LogP contribution in [0, 0.1) is 0 Å². The molecular formula is C23H31IN4O3. The Hall–Kier alpha value is -2.49. The van der Waals surface area contributed by atoms with Gasteiger partial charge in [-0.25, -0.2) is 4.99 Å². The smallest absolute Gasteiger partial charge is 0.248 e. The number of halogens is 1. The predicted octanol–water partition coefficient (Wildman–Crippen LogP) is 4.07. The molecule has 2 N–H and O–H groups in total. The van der Waals surface area contributed by atoms with Crippen LogP contribution < -0.4 is 25.0 Å². The maximum atomic E-state index is 12.9. The highest BCUT2D eigenvalue weighted by molar-refractivity contribution is 14.0. The van der Waals surface area contributed by atoms with Gasteiger partial charge in [0, 0.05) is 30.5 Å². The largest absolute Gasteiger partial charge is 0.493 e. The molecule has 2 aromatic carbocycles. The van der Waals surface area contributed by atoms with Crippen molar-refractivity contribution in [3.63, 3.8) is 0 Å². The number of benzene rings is 2. The van der Waals surface area contributed by atoms with E-state index in [-0.39, 0.29) is 36.4 Å². The summed E-state index contributed by atoms with van der Waals surface area (Å²) >= 11 is 0. The standard InChI is InChI=1S/C23H30N4O3.HI/c1-4-24-23(26-18-12-13-20(29-3)21(15-18)30-5-2)25-16-22(28)27-14-8-10-17-9-6-7-11-19(17)27;/h6-7,9,11-13,15H,4-5,8,10,14,16H2,1-3H3,(H2,24,25,26);1H. The summed E-state index contributed by atoms with van der Waals surface area (Å²) in [5.74, 6) is 1.86. The predicted molar refractivity (Wildman–Crippen MR) is 136 cm³/mol. The number of para-hydroxylation sites is 1. The zero-order valence-corrected chi connectivity index (χ0v) is 20.6. The van der Waals surface area contributed by atoms with Crippen LogP contribution in [-0.4, -0.2) is 45.2 Å². The van der Waals surface area contributed by atoms with Crippen LogP contribution in [0.25, 0.3) is 0 Å². The van der Waals surface area contributed by atoms with E-state index in [9.17, 15) is 4.79 Å². The fraction of sp³-hybridized carbons (Fsp3) is 0.391.